The monoisotopic (exact) mass is 414 g/mol. The van der Waals surface area contributed by atoms with Crippen LogP contribution >= 0.6 is 24.0 Å². The summed E-state index contributed by atoms with van der Waals surface area (Å²) in [6.45, 7) is 0. The molecule has 0 unspecified atom stereocenters. The largest absolute Gasteiger partial charge is 0.493 e. The fraction of sp³-hybridized carbons (Fsp3) is 0.150. The normalized spacial score (nSPS) is 15.1. The maximum Gasteiger partial charge on any atom is 0.285 e. The average Bonchev–Trinajstić information content (AvgIpc) is 2.96. The fourth-order valence-electron chi connectivity index (χ4n) is 2.60. The van der Waals surface area contributed by atoms with E-state index in [1.807, 2.05) is 36.4 Å². The summed E-state index contributed by atoms with van der Waals surface area (Å²) in [5.41, 5.74) is 4.19. The third-order valence-corrected chi connectivity index (χ3v) is 5.25. The first-order chi connectivity index (χ1) is 13.5. The van der Waals surface area contributed by atoms with Crippen molar-refractivity contribution in [1.82, 2.24) is 10.4 Å². The number of carbonyl (C=O) groups is 2. The van der Waals surface area contributed by atoms with Gasteiger partial charge in [0.25, 0.3) is 5.91 Å². The molecule has 2 aromatic rings. The lowest BCUT2D eigenvalue weighted by atomic mass is 10.1. The number of carbonyl (C=O) groups excluding carboxylic acids is 2. The van der Waals surface area contributed by atoms with E-state index in [0.29, 0.717) is 16.4 Å². The molecule has 1 N–H and O–H groups in total. The summed E-state index contributed by atoms with van der Waals surface area (Å²) in [4.78, 5) is 25.3. The molecule has 1 aliphatic heterocycles. The van der Waals surface area contributed by atoms with Gasteiger partial charge in [-0.3, -0.25) is 15.0 Å². The van der Waals surface area contributed by atoms with Crippen molar-refractivity contribution in [3.05, 3.63) is 64.6 Å². The Bertz CT molecular complexity index is 944. The van der Waals surface area contributed by atoms with Crippen LogP contribution in [0.15, 0.2) is 53.4 Å². The van der Waals surface area contributed by atoms with Gasteiger partial charge in [-0.2, -0.15) is 5.01 Å². The standard InChI is InChI=1S/C20H18N2O4S2/c1-25-15-9-8-14(10-16(15)26-2)11-17-19(24)22(20(27)28-17)21-18(23)12-13-6-4-3-5-7-13/h3-11H,12H2,1-2H3,(H,21,23)/b17-11+. The van der Waals surface area contributed by atoms with Crippen LogP contribution in [0.1, 0.15) is 11.1 Å². The van der Waals surface area contributed by atoms with Crippen LogP contribution in [0.25, 0.3) is 6.08 Å². The van der Waals surface area contributed by atoms with Crippen molar-refractivity contribution in [3.63, 3.8) is 0 Å². The Balaban J connectivity index is 1.72. The van der Waals surface area contributed by atoms with Crippen molar-refractivity contribution in [1.29, 1.82) is 0 Å². The SMILES string of the molecule is COc1ccc(/C=C2/SC(=S)N(NC(=O)Cc3ccccc3)C2=O)cc1OC. The maximum atomic E-state index is 12.7. The van der Waals surface area contributed by atoms with Gasteiger partial charge in [0.05, 0.1) is 25.5 Å². The summed E-state index contributed by atoms with van der Waals surface area (Å²) >= 11 is 6.38. The molecule has 1 aliphatic rings. The minimum absolute atomic E-state index is 0.159. The molecule has 8 heteroatoms. The van der Waals surface area contributed by atoms with Crippen LogP contribution in [0.2, 0.25) is 0 Å². The molecule has 0 bridgehead atoms. The zero-order valence-electron chi connectivity index (χ0n) is 15.3. The van der Waals surface area contributed by atoms with E-state index in [1.54, 1.807) is 32.4 Å². The zero-order chi connectivity index (χ0) is 20.1. The van der Waals surface area contributed by atoms with Crippen LogP contribution < -0.4 is 14.9 Å². The van der Waals surface area contributed by atoms with Crippen LogP contribution in [-0.4, -0.2) is 35.4 Å². The average molecular weight is 415 g/mol. The second-order valence-corrected chi connectivity index (χ2v) is 7.50. The number of thioether (sulfide) groups is 1. The number of thiocarbonyl (C=S) groups is 1. The Morgan fingerprint density at radius 2 is 1.86 bits per heavy atom. The van der Waals surface area contributed by atoms with Gasteiger partial charge >= 0.3 is 0 Å². The summed E-state index contributed by atoms with van der Waals surface area (Å²) < 4.78 is 10.8. The molecule has 144 valence electrons. The lowest BCUT2D eigenvalue weighted by Crippen LogP contribution is -2.45. The number of methoxy groups -OCH3 is 2. The van der Waals surface area contributed by atoms with Crippen molar-refractivity contribution in [2.75, 3.05) is 14.2 Å². The number of ether oxygens (including phenoxy) is 2. The Labute approximate surface area is 172 Å². The molecule has 3 rings (SSSR count). The van der Waals surface area contributed by atoms with Gasteiger partial charge in [-0.05, 0) is 41.6 Å². The lowest BCUT2D eigenvalue weighted by molar-refractivity contribution is -0.132. The Morgan fingerprint density at radius 3 is 2.54 bits per heavy atom. The van der Waals surface area contributed by atoms with Gasteiger partial charge in [-0.15, -0.1) is 0 Å². The number of hydrogen-bond donors (Lipinski definition) is 1. The summed E-state index contributed by atoms with van der Waals surface area (Å²) in [5, 5.41) is 1.11. The Kier molecular flexibility index (Phi) is 6.33. The molecule has 1 heterocycles. The van der Waals surface area contributed by atoms with E-state index >= 15 is 0 Å². The number of nitrogens with one attached hydrogen (secondary N) is 1. The van der Waals surface area contributed by atoms with Crippen LogP contribution in [0.4, 0.5) is 0 Å². The summed E-state index contributed by atoms with van der Waals surface area (Å²) in [5.74, 6) is 0.476. The lowest BCUT2D eigenvalue weighted by Gasteiger charge is -2.15. The second-order valence-electron chi connectivity index (χ2n) is 5.83. The Hall–Kier alpha value is -2.84. The fourth-order valence-corrected chi connectivity index (χ4v) is 3.78. The van der Waals surface area contributed by atoms with Crippen molar-refractivity contribution in [2.24, 2.45) is 0 Å². The van der Waals surface area contributed by atoms with E-state index in [1.165, 1.54) is 0 Å². The van der Waals surface area contributed by atoms with Crippen molar-refractivity contribution in [3.8, 4) is 11.5 Å². The van der Waals surface area contributed by atoms with E-state index in [0.717, 1.165) is 27.9 Å². The van der Waals surface area contributed by atoms with Gasteiger partial charge in [0, 0.05) is 0 Å². The van der Waals surface area contributed by atoms with Gasteiger partial charge in [0.2, 0.25) is 5.91 Å². The van der Waals surface area contributed by atoms with Crippen LogP contribution in [0, 0.1) is 0 Å². The Morgan fingerprint density at radius 1 is 1.14 bits per heavy atom. The number of benzene rings is 2. The third-order valence-electron chi connectivity index (χ3n) is 3.94. The molecule has 0 spiro atoms. The first kappa shape index (κ1) is 19.9. The van der Waals surface area contributed by atoms with Gasteiger partial charge in [0.15, 0.2) is 15.8 Å². The van der Waals surface area contributed by atoms with E-state index < -0.39 is 0 Å². The van der Waals surface area contributed by atoms with Crippen LogP contribution in [0.5, 0.6) is 11.5 Å². The van der Waals surface area contributed by atoms with Crippen LogP contribution in [0.3, 0.4) is 0 Å². The van der Waals surface area contributed by atoms with E-state index in [9.17, 15) is 9.59 Å². The van der Waals surface area contributed by atoms with Crippen molar-refractivity contribution >= 4 is 46.2 Å². The quantitative estimate of drug-likeness (QED) is 0.579. The van der Waals surface area contributed by atoms with E-state index in [4.69, 9.17) is 21.7 Å². The zero-order valence-corrected chi connectivity index (χ0v) is 16.9. The molecule has 0 aliphatic carbocycles. The maximum absolute atomic E-state index is 12.7. The van der Waals surface area contributed by atoms with Gasteiger partial charge in [-0.1, -0.05) is 48.2 Å². The number of hydrazine groups is 1. The molecule has 0 aromatic heterocycles. The molecule has 1 fully saturated rings. The molecule has 6 nitrogen and oxygen atoms in total. The van der Waals surface area contributed by atoms with Gasteiger partial charge in [-0.25, -0.2) is 0 Å². The third kappa shape index (κ3) is 4.52. The first-order valence-electron chi connectivity index (χ1n) is 8.35. The highest BCUT2D eigenvalue weighted by Crippen LogP contribution is 2.33. The number of hydrogen-bond acceptors (Lipinski definition) is 6. The first-order valence-corrected chi connectivity index (χ1v) is 9.57. The van der Waals surface area contributed by atoms with E-state index in [2.05, 4.69) is 5.43 Å². The van der Waals surface area contributed by atoms with Gasteiger partial charge in [0.1, 0.15) is 0 Å². The molecular weight excluding hydrogens is 396 g/mol. The van der Waals surface area contributed by atoms with Crippen molar-refractivity contribution < 1.29 is 19.1 Å². The summed E-state index contributed by atoms with van der Waals surface area (Å²) in [6, 6.07) is 14.6. The second kappa shape index (κ2) is 8.90. The molecular formula is C20H18N2O4S2. The molecule has 1 saturated heterocycles. The predicted octanol–water partition coefficient (Wildman–Crippen LogP) is 3.18. The molecule has 0 radical (unpaired) electrons. The smallest absolute Gasteiger partial charge is 0.285 e. The molecule has 28 heavy (non-hydrogen) atoms. The molecule has 2 aromatic carbocycles. The number of nitrogens with zero attached hydrogens (tertiary/aromatic N) is 1. The number of rotatable bonds is 6. The topological polar surface area (TPSA) is 67.9 Å². The highest BCUT2D eigenvalue weighted by atomic mass is 32.2. The highest BCUT2D eigenvalue weighted by Gasteiger charge is 2.33. The molecule has 0 saturated carbocycles. The number of amides is 2. The summed E-state index contributed by atoms with van der Waals surface area (Å²) in [7, 11) is 3.10. The minimum atomic E-state index is -0.369. The summed E-state index contributed by atoms with van der Waals surface area (Å²) in [6.07, 6.45) is 1.86. The highest BCUT2D eigenvalue weighted by molar-refractivity contribution is 8.26. The molecule has 0 atom stereocenters. The van der Waals surface area contributed by atoms with Crippen LogP contribution in [-0.2, 0) is 16.0 Å². The van der Waals surface area contributed by atoms with Crippen molar-refractivity contribution in [2.45, 2.75) is 6.42 Å². The minimum Gasteiger partial charge on any atom is -0.493 e. The van der Waals surface area contributed by atoms with Gasteiger partial charge < -0.3 is 9.47 Å². The molecule has 2 amide bonds. The predicted molar refractivity (Wildman–Crippen MR) is 113 cm³/mol. The van der Waals surface area contributed by atoms with E-state index in [-0.39, 0.29) is 22.6 Å².